The normalized spacial score (nSPS) is 30.1. The second-order valence-corrected chi connectivity index (χ2v) is 3.07. The first-order valence-corrected chi connectivity index (χ1v) is 4.19. The molecule has 0 saturated carbocycles. The van der Waals surface area contributed by atoms with Gasteiger partial charge in [0.1, 0.15) is 0 Å². The molecule has 1 rings (SSSR count). The van der Waals surface area contributed by atoms with Crippen LogP contribution in [0.15, 0.2) is 12.7 Å². The van der Waals surface area contributed by atoms with E-state index in [-0.39, 0.29) is 11.8 Å². The summed E-state index contributed by atoms with van der Waals surface area (Å²) in [5, 5.41) is 2.95. The molecular weight excluding hydrogens is 138 g/mol. The lowest BCUT2D eigenvalue weighted by Crippen LogP contribution is -2.25. The summed E-state index contributed by atoms with van der Waals surface area (Å²) in [6, 6.07) is 0.410. The molecule has 0 bridgehead atoms. The molecular formula is C9H15NO. The van der Waals surface area contributed by atoms with Crippen molar-refractivity contribution in [3.8, 4) is 0 Å². The molecule has 2 heteroatoms. The quantitative estimate of drug-likeness (QED) is 0.611. The number of hydrogen-bond acceptors (Lipinski definition) is 1. The maximum Gasteiger partial charge on any atom is 0.223 e. The third-order valence-corrected chi connectivity index (χ3v) is 2.23. The number of carbonyl (C=O) groups is 1. The Kier molecular flexibility index (Phi) is 2.69. The predicted molar refractivity (Wildman–Crippen MR) is 45.1 cm³/mol. The van der Waals surface area contributed by atoms with Gasteiger partial charge in [-0.05, 0) is 19.3 Å². The molecule has 1 aliphatic rings. The molecule has 2 nitrogen and oxygen atoms in total. The number of hydrogen-bond donors (Lipinski definition) is 1. The van der Waals surface area contributed by atoms with Gasteiger partial charge in [0.25, 0.3) is 0 Å². The van der Waals surface area contributed by atoms with Crippen molar-refractivity contribution in [3.63, 3.8) is 0 Å². The third kappa shape index (κ3) is 1.82. The summed E-state index contributed by atoms with van der Waals surface area (Å²) in [6.07, 6.45) is 4.67. The summed E-state index contributed by atoms with van der Waals surface area (Å²) in [4.78, 5) is 11.2. The van der Waals surface area contributed by atoms with Crippen LogP contribution in [-0.2, 0) is 4.79 Å². The molecule has 1 amide bonds. The Hall–Kier alpha value is -0.790. The molecule has 0 aromatic heterocycles. The monoisotopic (exact) mass is 153 g/mol. The van der Waals surface area contributed by atoms with E-state index in [1.165, 1.54) is 0 Å². The van der Waals surface area contributed by atoms with E-state index in [1.807, 2.05) is 6.08 Å². The lowest BCUT2D eigenvalue weighted by atomic mass is 10.0. The number of allylic oxidation sites excluding steroid dienone is 1. The van der Waals surface area contributed by atoms with Gasteiger partial charge in [-0.3, -0.25) is 4.79 Å². The van der Waals surface area contributed by atoms with Gasteiger partial charge in [-0.15, -0.1) is 6.58 Å². The van der Waals surface area contributed by atoms with Crippen LogP contribution in [0.5, 0.6) is 0 Å². The summed E-state index contributed by atoms with van der Waals surface area (Å²) in [7, 11) is 0. The van der Waals surface area contributed by atoms with Gasteiger partial charge in [0.2, 0.25) is 5.91 Å². The molecule has 11 heavy (non-hydrogen) atoms. The Morgan fingerprint density at radius 3 is 3.00 bits per heavy atom. The number of amides is 1. The zero-order valence-corrected chi connectivity index (χ0v) is 6.97. The van der Waals surface area contributed by atoms with Crippen molar-refractivity contribution >= 4 is 5.91 Å². The Labute approximate surface area is 67.7 Å². The molecule has 1 heterocycles. The second kappa shape index (κ2) is 3.56. The van der Waals surface area contributed by atoms with Crippen LogP contribution in [0, 0.1) is 5.92 Å². The van der Waals surface area contributed by atoms with Crippen LogP contribution in [0.4, 0.5) is 0 Å². The summed E-state index contributed by atoms with van der Waals surface area (Å²) in [5.41, 5.74) is 0. The first kappa shape index (κ1) is 8.31. The van der Waals surface area contributed by atoms with E-state index in [1.54, 1.807) is 0 Å². The Balaban J connectivity index is 2.44. The van der Waals surface area contributed by atoms with Gasteiger partial charge in [-0.1, -0.05) is 13.0 Å². The third-order valence-electron chi connectivity index (χ3n) is 2.23. The molecule has 1 fully saturated rings. The molecule has 2 unspecified atom stereocenters. The maximum absolute atomic E-state index is 11.2. The van der Waals surface area contributed by atoms with E-state index < -0.39 is 0 Å². The van der Waals surface area contributed by atoms with Crippen molar-refractivity contribution in [2.75, 3.05) is 0 Å². The highest BCUT2D eigenvalue weighted by atomic mass is 16.2. The number of carbonyl (C=O) groups excluding carboxylic acids is 1. The molecule has 0 radical (unpaired) electrons. The lowest BCUT2D eigenvalue weighted by molar-refractivity contribution is -0.122. The smallest absolute Gasteiger partial charge is 0.223 e. The van der Waals surface area contributed by atoms with Gasteiger partial charge in [-0.25, -0.2) is 0 Å². The van der Waals surface area contributed by atoms with Crippen LogP contribution in [0.2, 0.25) is 0 Å². The molecule has 1 N–H and O–H groups in total. The van der Waals surface area contributed by atoms with Gasteiger partial charge in [0, 0.05) is 12.0 Å². The molecule has 62 valence electrons. The minimum absolute atomic E-state index is 0.192. The van der Waals surface area contributed by atoms with Crippen LogP contribution in [-0.4, -0.2) is 11.9 Å². The average Bonchev–Trinajstić information content (AvgIpc) is 2.33. The van der Waals surface area contributed by atoms with Gasteiger partial charge in [0.15, 0.2) is 0 Å². The van der Waals surface area contributed by atoms with Gasteiger partial charge >= 0.3 is 0 Å². The van der Waals surface area contributed by atoms with Crippen LogP contribution in [0.25, 0.3) is 0 Å². The molecule has 1 saturated heterocycles. The Morgan fingerprint density at radius 2 is 2.55 bits per heavy atom. The second-order valence-electron chi connectivity index (χ2n) is 3.07. The summed E-state index contributed by atoms with van der Waals surface area (Å²) < 4.78 is 0. The molecule has 1 aliphatic heterocycles. The van der Waals surface area contributed by atoms with Crippen molar-refractivity contribution in [1.29, 1.82) is 0 Å². The van der Waals surface area contributed by atoms with Crippen molar-refractivity contribution in [3.05, 3.63) is 12.7 Å². The topological polar surface area (TPSA) is 29.1 Å². The van der Waals surface area contributed by atoms with Crippen LogP contribution < -0.4 is 5.32 Å². The average molecular weight is 153 g/mol. The maximum atomic E-state index is 11.2. The zero-order valence-electron chi connectivity index (χ0n) is 6.97. The highest BCUT2D eigenvalue weighted by molar-refractivity contribution is 5.81. The highest BCUT2D eigenvalue weighted by Crippen LogP contribution is 2.20. The Bertz CT molecular complexity index is 165. The summed E-state index contributed by atoms with van der Waals surface area (Å²) in [5.74, 6) is 0.397. The summed E-state index contributed by atoms with van der Waals surface area (Å²) >= 11 is 0. The SMILES string of the molecule is C=CCC1CC(CC)NC1=O. The van der Waals surface area contributed by atoms with Crippen molar-refractivity contribution < 1.29 is 4.79 Å². The Morgan fingerprint density at radius 1 is 1.82 bits per heavy atom. The first-order valence-electron chi connectivity index (χ1n) is 4.19. The van der Waals surface area contributed by atoms with E-state index in [4.69, 9.17) is 0 Å². The fourth-order valence-electron chi connectivity index (χ4n) is 1.50. The van der Waals surface area contributed by atoms with Crippen molar-refractivity contribution in [2.24, 2.45) is 5.92 Å². The molecule has 0 aromatic carbocycles. The van der Waals surface area contributed by atoms with Gasteiger partial charge in [0.05, 0.1) is 0 Å². The van der Waals surface area contributed by atoms with E-state index in [9.17, 15) is 4.79 Å². The standard InChI is InChI=1S/C9H15NO/c1-3-5-7-6-8(4-2)10-9(7)11/h3,7-8H,1,4-6H2,2H3,(H,10,11). The largest absolute Gasteiger partial charge is 0.353 e. The van der Waals surface area contributed by atoms with Gasteiger partial charge < -0.3 is 5.32 Å². The molecule has 0 aromatic rings. The molecule has 2 atom stereocenters. The van der Waals surface area contributed by atoms with Crippen LogP contribution in [0.1, 0.15) is 26.2 Å². The molecule has 0 spiro atoms. The number of nitrogens with one attached hydrogen (secondary N) is 1. The van der Waals surface area contributed by atoms with Gasteiger partial charge in [-0.2, -0.15) is 0 Å². The number of rotatable bonds is 3. The fourth-order valence-corrected chi connectivity index (χ4v) is 1.50. The van der Waals surface area contributed by atoms with Crippen molar-refractivity contribution in [1.82, 2.24) is 5.32 Å². The van der Waals surface area contributed by atoms with Crippen LogP contribution >= 0.6 is 0 Å². The summed E-state index contributed by atoms with van der Waals surface area (Å²) in [6.45, 7) is 5.73. The first-order chi connectivity index (χ1) is 5.27. The van der Waals surface area contributed by atoms with E-state index in [0.29, 0.717) is 6.04 Å². The van der Waals surface area contributed by atoms with E-state index >= 15 is 0 Å². The fraction of sp³-hybridized carbons (Fsp3) is 0.667. The van der Waals surface area contributed by atoms with Crippen LogP contribution in [0.3, 0.4) is 0 Å². The lowest BCUT2D eigenvalue weighted by Gasteiger charge is -2.03. The van der Waals surface area contributed by atoms with E-state index in [0.717, 1.165) is 19.3 Å². The minimum atomic E-state index is 0.192. The minimum Gasteiger partial charge on any atom is -0.353 e. The zero-order chi connectivity index (χ0) is 8.27. The van der Waals surface area contributed by atoms with E-state index in [2.05, 4.69) is 18.8 Å². The predicted octanol–water partition coefficient (Wildman–Crippen LogP) is 1.48. The molecule has 0 aliphatic carbocycles. The van der Waals surface area contributed by atoms with Crippen molar-refractivity contribution in [2.45, 2.75) is 32.2 Å². The highest BCUT2D eigenvalue weighted by Gasteiger charge is 2.29.